The number of rotatable bonds is 6. The first kappa shape index (κ1) is 17.7. The third kappa shape index (κ3) is 4.48. The van der Waals surface area contributed by atoms with Crippen molar-refractivity contribution in [1.29, 1.82) is 0 Å². The molecule has 0 saturated heterocycles. The van der Waals surface area contributed by atoms with Gasteiger partial charge in [-0.15, -0.1) is 0 Å². The second kappa shape index (κ2) is 8.30. The normalized spacial score (nSPS) is 11.4. The molecule has 0 fully saturated rings. The molecule has 0 aromatic heterocycles. The molecule has 0 heterocycles. The molecule has 0 unspecified atom stereocenters. The number of hydrazone groups is 1. The summed E-state index contributed by atoms with van der Waals surface area (Å²) in [5.41, 5.74) is 5.55. The van der Waals surface area contributed by atoms with Crippen molar-refractivity contribution >= 4 is 22.4 Å². The lowest BCUT2D eigenvalue weighted by atomic mass is 10.1. The lowest BCUT2D eigenvalue weighted by Crippen LogP contribution is -2.25. The molecule has 3 aromatic carbocycles. The van der Waals surface area contributed by atoms with Gasteiger partial charge in [-0.25, -0.2) is 5.43 Å². The SMILES string of the molecule is CCc1ccc(C(C)=NNC(=O)COc2ccc3ccccc3c2)cc1. The minimum Gasteiger partial charge on any atom is -0.484 e. The molecule has 4 heteroatoms. The van der Waals surface area contributed by atoms with Crippen LogP contribution < -0.4 is 10.2 Å². The van der Waals surface area contributed by atoms with E-state index in [1.54, 1.807) is 0 Å². The fourth-order valence-electron chi connectivity index (χ4n) is 2.63. The van der Waals surface area contributed by atoms with Gasteiger partial charge in [0, 0.05) is 0 Å². The number of hydrogen-bond acceptors (Lipinski definition) is 3. The Labute approximate surface area is 153 Å². The van der Waals surface area contributed by atoms with Gasteiger partial charge in [0.2, 0.25) is 0 Å². The van der Waals surface area contributed by atoms with Crippen molar-refractivity contribution in [3.8, 4) is 5.75 Å². The average molecular weight is 346 g/mol. The number of nitrogens with zero attached hydrogens (tertiary/aromatic N) is 1. The predicted molar refractivity (Wildman–Crippen MR) is 106 cm³/mol. The van der Waals surface area contributed by atoms with Gasteiger partial charge in [-0.3, -0.25) is 4.79 Å². The van der Waals surface area contributed by atoms with Gasteiger partial charge in [0.05, 0.1) is 5.71 Å². The first-order chi connectivity index (χ1) is 12.7. The molecule has 0 aliphatic carbocycles. The largest absolute Gasteiger partial charge is 0.484 e. The topological polar surface area (TPSA) is 50.7 Å². The molecule has 0 saturated carbocycles. The minimum atomic E-state index is -0.289. The zero-order valence-electron chi connectivity index (χ0n) is 15.0. The first-order valence-corrected chi connectivity index (χ1v) is 8.70. The summed E-state index contributed by atoms with van der Waals surface area (Å²) in [6.45, 7) is 3.90. The Hall–Kier alpha value is -3.14. The van der Waals surface area contributed by atoms with E-state index in [-0.39, 0.29) is 12.5 Å². The molecule has 0 aliphatic rings. The summed E-state index contributed by atoms with van der Waals surface area (Å²) in [5.74, 6) is 0.373. The van der Waals surface area contributed by atoms with Crippen LogP contribution in [0.25, 0.3) is 10.8 Å². The van der Waals surface area contributed by atoms with Crippen molar-refractivity contribution in [2.24, 2.45) is 5.10 Å². The summed E-state index contributed by atoms with van der Waals surface area (Å²) in [7, 11) is 0. The zero-order valence-corrected chi connectivity index (χ0v) is 15.0. The average Bonchev–Trinajstić information content (AvgIpc) is 2.70. The van der Waals surface area contributed by atoms with Gasteiger partial charge in [-0.1, -0.05) is 61.5 Å². The van der Waals surface area contributed by atoms with E-state index in [1.807, 2.05) is 61.5 Å². The fourth-order valence-corrected chi connectivity index (χ4v) is 2.63. The minimum absolute atomic E-state index is 0.0795. The lowest BCUT2D eigenvalue weighted by molar-refractivity contribution is -0.123. The molecule has 3 rings (SSSR count). The highest BCUT2D eigenvalue weighted by Gasteiger charge is 2.04. The summed E-state index contributed by atoms with van der Waals surface area (Å²) < 4.78 is 5.56. The van der Waals surface area contributed by atoms with Crippen LogP contribution >= 0.6 is 0 Å². The van der Waals surface area contributed by atoms with Gasteiger partial charge < -0.3 is 4.74 Å². The molecule has 132 valence electrons. The van der Waals surface area contributed by atoms with E-state index < -0.39 is 0 Å². The van der Waals surface area contributed by atoms with Crippen molar-refractivity contribution < 1.29 is 9.53 Å². The van der Waals surface area contributed by atoms with Gasteiger partial charge in [0.1, 0.15) is 5.75 Å². The van der Waals surface area contributed by atoms with E-state index in [9.17, 15) is 4.79 Å². The summed E-state index contributed by atoms with van der Waals surface area (Å²) in [6.07, 6.45) is 0.999. The van der Waals surface area contributed by atoms with Crippen molar-refractivity contribution in [1.82, 2.24) is 5.43 Å². The first-order valence-electron chi connectivity index (χ1n) is 8.70. The molecule has 0 atom stereocenters. The number of nitrogens with one attached hydrogen (secondary N) is 1. The van der Waals surface area contributed by atoms with Crippen LogP contribution in [-0.4, -0.2) is 18.2 Å². The molecule has 3 aromatic rings. The maximum absolute atomic E-state index is 12.0. The number of amides is 1. The molecule has 0 spiro atoms. The highest BCUT2D eigenvalue weighted by atomic mass is 16.5. The van der Waals surface area contributed by atoms with Crippen molar-refractivity contribution in [2.75, 3.05) is 6.61 Å². The van der Waals surface area contributed by atoms with E-state index in [4.69, 9.17) is 4.74 Å². The van der Waals surface area contributed by atoms with E-state index >= 15 is 0 Å². The molecule has 0 aliphatic heterocycles. The van der Waals surface area contributed by atoms with Crippen LogP contribution in [0.4, 0.5) is 0 Å². The Kier molecular flexibility index (Phi) is 5.64. The summed E-state index contributed by atoms with van der Waals surface area (Å²) >= 11 is 0. The third-order valence-electron chi connectivity index (χ3n) is 4.22. The fraction of sp³-hybridized carbons (Fsp3) is 0.182. The van der Waals surface area contributed by atoms with E-state index in [0.717, 1.165) is 28.5 Å². The molecule has 0 radical (unpaired) electrons. The summed E-state index contributed by atoms with van der Waals surface area (Å²) in [5, 5.41) is 6.37. The van der Waals surface area contributed by atoms with Gasteiger partial charge >= 0.3 is 0 Å². The zero-order chi connectivity index (χ0) is 18.4. The van der Waals surface area contributed by atoms with Gasteiger partial charge in [-0.2, -0.15) is 5.10 Å². The van der Waals surface area contributed by atoms with Gasteiger partial charge in [0.25, 0.3) is 5.91 Å². The summed E-state index contributed by atoms with van der Waals surface area (Å²) in [4.78, 5) is 12.0. The monoisotopic (exact) mass is 346 g/mol. The predicted octanol–water partition coefficient (Wildman–Crippen LogP) is 4.32. The Balaban J connectivity index is 1.55. The van der Waals surface area contributed by atoms with Crippen LogP contribution in [0.3, 0.4) is 0 Å². The Bertz CT molecular complexity index is 930. The van der Waals surface area contributed by atoms with Crippen molar-refractivity contribution in [2.45, 2.75) is 20.3 Å². The van der Waals surface area contributed by atoms with Crippen LogP contribution in [0, 0.1) is 0 Å². The second-order valence-corrected chi connectivity index (χ2v) is 6.08. The quantitative estimate of drug-likeness (QED) is 0.534. The summed E-state index contributed by atoms with van der Waals surface area (Å²) in [6, 6.07) is 21.9. The standard InChI is InChI=1S/C22H22N2O2/c1-3-17-8-10-18(11-9-17)16(2)23-24-22(25)15-26-21-13-12-19-6-4-5-7-20(19)14-21/h4-14H,3,15H2,1-2H3,(H,24,25). The molecule has 26 heavy (non-hydrogen) atoms. The molecule has 4 nitrogen and oxygen atoms in total. The Morgan fingerprint density at radius 3 is 2.46 bits per heavy atom. The number of aryl methyl sites for hydroxylation is 1. The number of carbonyl (C=O) groups is 1. The molecule has 1 N–H and O–H groups in total. The number of fused-ring (bicyclic) bond motifs is 1. The van der Waals surface area contributed by atoms with Crippen LogP contribution in [0.5, 0.6) is 5.75 Å². The van der Waals surface area contributed by atoms with Crippen LogP contribution in [0.1, 0.15) is 25.0 Å². The third-order valence-corrected chi connectivity index (χ3v) is 4.22. The molecular weight excluding hydrogens is 324 g/mol. The maximum atomic E-state index is 12.0. The van der Waals surface area contributed by atoms with Crippen LogP contribution in [0.15, 0.2) is 71.8 Å². The number of ether oxygens (including phenoxy) is 1. The highest BCUT2D eigenvalue weighted by molar-refractivity contribution is 5.99. The number of carbonyl (C=O) groups excluding carboxylic acids is 1. The van der Waals surface area contributed by atoms with Gasteiger partial charge in [0.15, 0.2) is 6.61 Å². The molecule has 0 bridgehead atoms. The molecule has 1 amide bonds. The second-order valence-electron chi connectivity index (χ2n) is 6.08. The van der Waals surface area contributed by atoms with Crippen molar-refractivity contribution in [3.63, 3.8) is 0 Å². The van der Waals surface area contributed by atoms with E-state index in [1.165, 1.54) is 5.56 Å². The highest BCUT2D eigenvalue weighted by Crippen LogP contribution is 2.20. The maximum Gasteiger partial charge on any atom is 0.277 e. The van der Waals surface area contributed by atoms with Crippen LogP contribution in [-0.2, 0) is 11.2 Å². The number of benzene rings is 3. The van der Waals surface area contributed by atoms with E-state index in [0.29, 0.717) is 5.75 Å². The number of hydrogen-bond donors (Lipinski definition) is 1. The molecular formula is C22H22N2O2. The van der Waals surface area contributed by atoms with Crippen molar-refractivity contribution in [3.05, 3.63) is 77.9 Å². The van der Waals surface area contributed by atoms with Crippen LogP contribution in [0.2, 0.25) is 0 Å². The Morgan fingerprint density at radius 2 is 1.73 bits per heavy atom. The Morgan fingerprint density at radius 1 is 1.00 bits per heavy atom. The lowest BCUT2D eigenvalue weighted by Gasteiger charge is -2.07. The van der Waals surface area contributed by atoms with E-state index in [2.05, 4.69) is 29.6 Å². The van der Waals surface area contributed by atoms with Gasteiger partial charge in [-0.05, 0) is 47.4 Å². The smallest absolute Gasteiger partial charge is 0.277 e.